The van der Waals surface area contributed by atoms with E-state index < -0.39 is 47.5 Å². The number of rotatable bonds is 2. The summed E-state index contributed by atoms with van der Waals surface area (Å²) < 4.78 is 38.0. The number of thiazole rings is 1. The summed E-state index contributed by atoms with van der Waals surface area (Å²) in [4.78, 5) is 31.1. The van der Waals surface area contributed by atoms with E-state index in [2.05, 4.69) is 4.98 Å². The average molecular weight is 494 g/mol. The lowest BCUT2D eigenvalue weighted by Gasteiger charge is -2.32. The second kappa shape index (κ2) is 8.46. The SMILES string of the molecule is CC(C)(C)OC(=O)N(C(=O)OC(C)(C)C)c1nc2c(B3OC(C)(C)C(C)(C)O3)ccc(F)c2s1. The van der Waals surface area contributed by atoms with E-state index in [9.17, 15) is 14.0 Å². The molecule has 1 aromatic carbocycles. The first-order chi connectivity index (χ1) is 15.3. The molecule has 0 radical (unpaired) electrons. The summed E-state index contributed by atoms with van der Waals surface area (Å²) in [5.74, 6) is -0.549. The minimum atomic E-state index is -0.974. The minimum Gasteiger partial charge on any atom is -0.443 e. The van der Waals surface area contributed by atoms with Gasteiger partial charge in [-0.3, -0.25) is 0 Å². The van der Waals surface area contributed by atoms with E-state index in [0.29, 0.717) is 10.4 Å². The lowest BCUT2D eigenvalue weighted by atomic mass is 9.78. The molecular formula is C23H32BFN2O6S. The van der Waals surface area contributed by atoms with Crippen LogP contribution in [0, 0.1) is 5.82 Å². The van der Waals surface area contributed by atoms with Crippen LogP contribution in [0.5, 0.6) is 0 Å². The number of carbonyl (C=O) groups is 2. The molecule has 11 heteroatoms. The van der Waals surface area contributed by atoms with Gasteiger partial charge in [0.25, 0.3) is 0 Å². The van der Waals surface area contributed by atoms with Crippen LogP contribution in [0.4, 0.5) is 19.1 Å². The molecule has 1 aromatic heterocycles. The van der Waals surface area contributed by atoms with Crippen molar-refractivity contribution in [3.8, 4) is 0 Å². The molecule has 2 amide bonds. The number of amides is 2. The van der Waals surface area contributed by atoms with Gasteiger partial charge in [0.1, 0.15) is 17.0 Å². The third-order valence-electron chi connectivity index (χ3n) is 5.37. The molecule has 2 heterocycles. The number of halogens is 1. The number of nitrogens with zero attached hydrogens (tertiary/aromatic N) is 2. The maximum Gasteiger partial charge on any atom is 0.497 e. The van der Waals surface area contributed by atoms with Gasteiger partial charge in [-0.05, 0) is 75.3 Å². The topological polar surface area (TPSA) is 87.2 Å². The van der Waals surface area contributed by atoms with Gasteiger partial charge in [0.2, 0.25) is 5.13 Å². The lowest BCUT2D eigenvalue weighted by Crippen LogP contribution is -2.43. The van der Waals surface area contributed by atoms with Crippen molar-refractivity contribution in [2.24, 2.45) is 0 Å². The van der Waals surface area contributed by atoms with Gasteiger partial charge in [-0.15, -0.1) is 0 Å². The third-order valence-corrected chi connectivity index (χ3v) is 6.41. The molecule has 1 aliphatic heterocycles. The maximum absolute atomic E-state index is 14.8. The Balaban J connectivity index is 2.11. The molecule has 3 rings (SSSR count). The van der Waals surface area contributed by atoms with Crippen molar-refractivity contribution in [3.05, 3.63) is 17.9 Å². The molecule has 0 unspecified atom stereocenters. The summed E-state index contributed by atoms with van der Waals surface area (Å²) in [6.45, 7) is 17.7. The number of benzene rings is 1. The molecule has 8 nitrogen and oxygen atoms in total. The quantitative estimate of drug-likeness (QED) is 0.516. The molecule has 0 saturated carbocycles. The zero-order valence-electron chi connectivity index (χ0n) is 21.4. The highest BCUT2D eigenvalue weighted by Gasteiger charge is 2.52. The Morgan fingerprint density at radius 1 is 0.971 bits per heavy atom. The lowest BCUT2D eigenvalue weighted by molar-refractivity contribution is 0.00578. The molecule has 0 N–H and O–H groups in total. The van der Waals surface area contributed by atoms with Crippen LogP contribution in [0.15, 0.2) is 12.1 Å². The van der Waals surface area contributed by atoms with Gasteiger partial charge in [0.15, 0.2) is 0 Å². The van der Waals surface area contributed by atoms with Crippen molar-refractivity contribution in [1.29, 1.82) is 0 Å². The smallest absolute Gasteiger partial charge is 0.443 e. The van der Waals surface area contributed by atoms with Gasteiger partial charge >= 0.3 is 19.3 Å². The fraction of sp³-hybridized carbons (Fsp3) is 0.609. The van der Waals surface area contributed by atoms with Gasteiger partial charge in [0.05, 0.1) is 21.4 Å². The Kier molecular flexibility index (Phi) is 6.56. The number of hydrogen-bond donors (Lipinski definition) is 0. The summed E-state index contributed by atoms with van der Waals surface area (Å²) in [5, 5.41) is -0.0821. The van der Waals surface area contributed by atoms with Crippen molar-refractivity contribution in [1.82, 2.24) is 4.98 Å². The minimum absolute atomic E-state index is 0.0821. The fourth-order valence-corrected chi connectivity index (χ4v) is 4.07. The first kappa shape index (κ1) is 26.4. The van der Waals surface area contributed by atoms with E-state index in [4.69, 9.17) is 18.8 Å². The normalized spacial score (nSPS) is 17.7. The van der Waals surface area contributed by atoms with Crippen molar-refractivity contribution < 1.29 is 32.8 Å². The molecule has 0 spiro atoms. The van der Waals surface area contributed by atoms with E-state index in [0.717, 1.165) is 11.3 Å². The molecule has 34 heavy (non-hydrogen) atoms. The van der Waals surface area contributed by atoms with Crippen LogP contribution in [0.1, 0.15) is 69.2 Å². The van der Waals surface area contributed by atoms with Gasteiger partial charge in [0, 0.05) is 5.46 Å². The third kappa shape index (κ3) is 5.36. The molecule has 1 saturated heterocycles. The molecule has 1 fully saturated rings. The number of fused-ring (bicyclic) bond motifs is 1. The molecule has 1 aliphatic rings. The summed E-state index contributed by atoms with van der Waals surface area (Å²) >= 11 is 0.840. The van der Waals surface area contributed by atoms with Gasteiger partial charge in [-0.2, -0.15) is 4.90 Å². The van der Waals surface area contributed by atoms with Crippen molar-refractivity contribution in [2.45, 2.75) is 91.6 Å². The van der Waals surface area contributed by atoms with Gasteiger partial charge in [-0.25, -0.2) is 19.0 Å². The van der Waals surface area contributed by atoms with E-state index in [1.807, 2.05) is 27.7 Å². The highest BCUT2D eigenvalue weighted by molar-refractivity contribution is 7.22. The molecule has 0 atom stereocenters. The molecule has 2 aromatic rings. The van der Waals surface area contributed by atoms with E-state index >= 15 is 0 Å². The number of ether oxygens (including phenoxy) is 2. The van der Waals surface area contributed by atoms with Crippen molar-refractivity contribution in [3.63, 3.8) is 0 Å². The summed E-state index contributed by atoms with van der Waals surface area (Å²) in [6.07, 6.45) is -1.95. The predicted molar refractivity (Wildman–Crippen MR) is 130 cm³/mol. The Morgan fingerprint density at radius 2 is 1.44 bits per heavy atom. The van der Waals surface area contributed by atoms with Crippen LogP contribution in [0.25, 0.3) is 10.2 Å². The first-order valence-electron chi connectivity index (χ1n) is 11.0. The zero-order chi connectivity index (χ0) is 25.9. The van der Waals surface area contributed by atoms with Gasteiger partial charge in [-0.1, -0.05) is 17.4 Å². The number of hydrogen-bond acceptors (Lipinski definition) is 8. The second-order valence-corrected chi connectivity index (χ2v) is 12.2. The van der Waals surface area contributed by atoms with Crippen molar-refractivity contribution in [2.75, 3.05) is 4.90 Å². The van der Waals surface area contributed by atoms with Gasteiger partial charge < -0.3 is 18.8 Å². The number of aromatic nitrogens is 1. The Hall–Kier alpha value is -2.24. The van der Waals surface area contributed by atoms with Crippen LogP contribution >= 0.6 is 11.3 Å². The summed E-state index contributed by atoms with van der Waals surface area (Å²) in [6, 6.07) is 2.82. The maximum atomic E-state index is 14.8. The second-order valence-electron chi connectivity index (χ2n) is 11.2. The highest BCUT2D eigenvalue weighted by atomic mass is 32.1. The van der Waals surface area contributed by atoms with Crippen LogP contribution in [-0.2, 0) is 18.8 Å². The first-order valence-corrected chi connectivity index (χ1v) is 11.8. The molecule has 0 bridgehead atoms. The Morgan fingerprint density at radius 3 is 1.88 bits per heavy atom. The average Bonchev–Trinajstić information content (AvgIpc) is 3.11. The van der Waals surface area contributed by atoms with E-state index in [1.165, 1.54) is 12.1 Å². The summed E-state index contributed by atoms with van der Waals surface area (Å²) in [7, 11) is -0.806. The fourth-order valence-electron chi connectivity index (χ4n) is 3.09. The van der Waals surface area contributed by atoms with E-state index in [-0.39, 0.29) is 15.3 Å². The van der Waals surface area contributed by atoms with E-state index in [1.54, 1.807) is 41.5 Å². The van der Waals surface area contributed by atoms with Crippen LogP contribution in [-0.4, -0.2) is 46.7 Å². The molecule has 0 aliphatic carbocycles. The number of anilines is 1. The van der Waals surface area contributed by atoms with Crippen LogP contribution < -0.4 is 10.4 Å². The summed E-state index contributed by atoms with van der Waals surface area (Å²) in [5.41, 5.74) is -2.27. The highest BCUT2D eigenvalue weighted by Crippen LogP contribution is 2.38. The van der Waals surface area contributed by atoms with Crippen LogP contribution in [0.2, 0.25) is 0 Å². The number of carbonyl (C=O) groups excluding carboxylic acids is 2. The standard InChI is InChI=1S/C23H32BFN2O6S/c1-20(2,3)30-18(28)27(19(29)31-21(4,5)6)17-26-15-13(11-12-14(25)16(15)34-17)24-32-22(7,8)23(9,10)33-24/h11-12H,1-10H3. The predicted octanol–water partition coefficient (Wildman–Crippen LogP) is 5.41. The monoisotopic (exact) mass is 494 g/mol. The largest absolute Gasteiger partial charge is 0.497 e. The molecular weight excluding hydrogens is 462 g/mol. The Labute approximate surface area is 203 Å². The molecule has 186 valence electrons. The van der Waals surface area contributed by atoms with Crippen LogP contribution in [0.3, 0.4) is 0 Å². The Bertz CT molecular complexity index is 1080. The number of imide groups is 1. The van der Waals surface area contributed by atoms with Crippen molar-refractivity contribution >= 4 is 51.5 Å². The zero-order valence-corrected chi connectivity index (χ0v) is 22.2.